The standard InChI is InChI=1S/C28H24N4O/c1-2-33-23-14-12-22(13-15-23)32-18-24(20-8-4-3-5-9-20)26-27(29-19-30-28(26)32)31-17-16-21-10-6-7-11-25(21)31/h3-15,18-19H,2,16-17H2,1H3. The van der Waals surface area contributed by atoms with E-state index in [0.717, 1.165) is 52.4 Å². The van der Waals surface area contributed by atoms with Crippen molar-refractivity contribution in [2.45, 2.75) is 13.3 Å². The molecule has 3 aromatic carbocycles. The highest BCUT2D eigenvalue weighted by Crippen LogP contribution is 2.41. The molecular formula is C28H24N4O. The lowest BCUT2D eigenvalue weighted by molar-refractivity contribution is 0.340. The molecule has 5 heteroatoms. The van der Waals surface area contributed by atoms with E-state index in [-0.39, 0.29) is 0 Å². The van der Waals surface area contributed by atoms with Gasteiger partial charge >= 0.3 is 0 Å². The monoisotopic (exact) mass is 432 g/mol. The second-order valence-electron chi connectivity index (χ2n) is 8.13. The minimum atomic E-state index is 0.651. The second kappa shape index (κ2) is 8.10. The predicted molar refractivity (Wildman–Crippen MR) is 133 cm³/mol. The van der Waals surface area contributed by atoms with Crippen molar-refractivity contribution in [1.82, 2.24) is 14.5 Å². The van der Waals surface area contributed by atoms with Crippen molar-refractivity contribution in [3.8, 4) is 22.6 Å². The molecule has 0 saturated heterocycles. The van der Waals surface area contributed by atoms with Gasteiger partial charge in [0.15, 0.2) is 5.65 Å². The highest BCUT2D eigenvalue weighted by molar-refractivity contribution is 6.03. The number of anilines is 2. The van der Waals surface area contributed by atoms with Gasteiger partial charge in [-0.15, -0.1) is 0 Å². The fourth-order valence-electron chi connectivity index (χ4n) is 4.71. The van der Waals surface area contributed by atoms with Gasteiger partial charge in [-0.25, -0.2) is 9.97 Å². The predicted octanol–water partition coefficient (Wildman–Crippen LogP) is 6.18. The summed E-state index contributed by atoms with van der Waals surface area (Å²) in [4.78, 5) is 11.9. The maximum absolute atomic E-state index is 5.64. The molecule has 1 aliphatic rings. The van der Waals surface area contributed by atoms with Crippen LogP contribution in [0.5, 0.6) is 5.75 Å². The Balaban J connectivity index is 1.58. The summed E-state index contributed by atoms with van der Waals surface area (Å²) < 4.78 is 7.79. The molecule has 0 fully saturated rings. The van der Waals surface area contributed by atoms with Crippen LogP contribution in [0.1, 0.15) is 12.5 Å². The Bertz CT molecular complexity index is 1420. The summed E-state index contributed by atoms with van der Waals surface area (Å²) in [6.07, 6.45) is 4.87. The Morgan fingerprint density at radius 3 is 2.48 bits per heavy atom. The van der Waals surface area contributed by atoms with Crippen LogP contribution in [0.3, 0.4) is 0 Å². The summed E-state index contributed by atoms with van der Waals surface area (Å²) in [6.45, 7) is 3.56. The van der Waals surface area contributed by atoms with Crippen LogP contribution in [0, 0.1) is 0 Å². The van der Waals surface area contributed by atoms with Gasteiger partial charge in [0.25, 0.3) is 0 Å². The summed E-state index contributed by atoms with van der Waals surface area (Å²) in [6, 6.07) is 27.2. The van der Waals surface area contributed by atoms with E-state index >= 15 is 0 Å². The third kappa shape index (κ3) is 3.33. The minimum absolute atomic E-state index is 0.651. The zero-order chi connectivity index (χ0) is 22.2. The first-order valence-electron chi connectivity index (χ1n) is 11.3. The molecular weight excluding hydrogens is 408 g/mol. The number of fused-ring (bicyclic) bond motifs is 2. The molecule has 0 radical (unpaired) electrons. The molecule has 3 heterocycles. The number of nitrogens with zero attached hydrogens (tertiary/aromatic N) is 4. The Hall–Kier alpha value is -4.12. The van der Waals surface area contributed by atoms with Gasteiger partial charge in [0.05, 0.1) is 12.0 Å². The van der Waals surface area contributed by atoms with E-state index in [9.17, 15) is 0 Å². The number of hydrogen-bond donors (Lipinski definition) is 0. The van der Waals surface area contributed by atoms with Gasteiger partial charge in [0.2, 0.25) is 0 Å². The molecule has 0 bridgehead atoms. The van der Waals surface area contributed by atoms with Crippen LogP contribution in [0.15, 0.2) is 91.4 Å². The molecule has 33 heavy (non-hydrogen) atoms. The van der Waals surface area contributed by atoms with Crippen LogP contribution >= 0.6 is 0 Å². The molecule has 5 nitrogen and oxygen atoms in total. The van der Waals surface area contributed by atoms with E-state index in [1.165, 1.54) is 11.3 Å². The highest BCUT2D eigenvalue weighted by atomic mass is 16.5. The first-order chi connectivity index (χ1) is 16.3. The maximum Gasteiger partial charge on any atom is 0.150 e. The van der Waals surface area contributed by atoms with Gasteiger partial charge in [0, 0.05) is 29.7 Å². The summed E-state index contributed by atoms with van der Waals surface area (Å²) in [5, 5.41) is 1.06. The zero-order valence-electron chi connectivity index (χ0n) is 18.5. The van der Waals surface area contributed by atoms with Crippen LogP contribution < -0.4 is 9.64 Å². The van der Waals surface area contributed by atoms with Gasteiger partial charge in [-0.1, -0.05) is 48.5 Å². The van der Waals surface area contributed by atoms with Crippen molar-refractivity contribution in [3.63, 3.8) is 0 Å². The summed E-state index contributed by atoms with van der Waals surface area (Å²) in [5.74, 6) is 1.82. The third-order valence-corrected chi connectivity index (χ3v) is 6.22. The van der Waals surface area contributed by atoms with Crippen LogP contribution in [0.2, 0.25) is 0 Å². The fraction of sp³-hybridized carbons (Fsp3) is 0.143. The molecule has 0 N–H and O–H groups in total. The van der Waals surface area contributed by atoms with Gasteiger partial charge < -0.3 is 14.2 Å². The molecule has 0 atom stereocenters. The molecule has 0 unspecified atom stereocenters. The van der Waals surface area contributed by atoms with E-state index in [2.05, 4.69) is 76.3 Å². The SMILES string of the molecule is CCOc1ccc(-n2cc(-c3ccccc3)c3c(N4CCc5ccccc54)ncnc32)cc1. The summed E-state index contributed by atoms with van der Waals surface area (Å²) in [5.41, 5.74) is 6.79. The number of para-hydroxylation sites is 1. The van der Waals surface area contributed by atoms with E-state index in [1.807, 2.05) is 25.1 Å². The lowest BCUT2D eigenvalue weighted by atomic mass is 10.1. The largest absolute Gasteiger partial charge is 0.494 e. The number of aromatic nitrogens is 3. The molecule has 5 aromatic rings. The molecule has 0 aliphatic carbocycles. The average molecular weight is 433 g/mol. The van der Waals surface area contributed by atoms with Crippen molar-refractivity contribution in [2.75, 3.05) is 18.1 Å². The van der Waals surface area contributed by atoms with Crippen molar-refractivity contribution < 1.29 is 4.74 Å². The summed E-state index contributed by atoms with van der Waals surface area (Å²) in [7, 11) is 0. The zero-order valence-corrected chi connectivity index (χ0v) is 18.5. The van der Waals surface area contributed by atoms with E-state index in [4.69, 9.17) is 14.7 Å². The van der Waals surface area contributed by atoms with Crippen molar-refractivity contribution in [1.29, 1.82) is 0 Å². The first kappa shape index (κ1) is 19.6. The molecule has 162 valence electrons. The van der Waals surface area contributed by atoms with Crippen molar-refractivity contribution >= 4 is 22.5 Å². The van der Waals surface area contributed by atoms with Gasteiger partial charge in [-0.2, -0.15) is 0 Å². The van der Waals surface area contributed by atoms with Crippen LogP contribution in [0.4, 0.5) is 11.5 Å². The summed E-state index contributed by atoms with van der Waals surface area (Å²) >= 11 is 0. The van der Waals surface area contributed by atoms with E-state index in [0.29, 0.717) is 6.61 Å². The molecule has 0 amide bonds. The fourth-order valence-corrected chi connectivity index (χ4v) is 4.71. The lowest BCUT2D eigenvalue weighted by Crippen LogP contribution is -2.15. The normalized spacial score (nSPS) is 12.8. The molecule has 0 saturated carbocycles. The van der Waals surface area contributed by atoms with Gasteiger partial charge in [0.1, 0.15) is 17.9 Å². The topological polar surface area (TPSA) is 43.2 Å². The third-order valence-electron chi connectivity index (χ3n) is 6.22. The van der Waals surface area contributed by atoms with E-state index in [1.54, 1.807) is 6.33 Å². The number of benzene rings is 3. The average Bonchev–Trinajstić information content (AvgIpc) is 3.48. The Morgan fingerprint density at radius 2 is 1.67 bits per heavy atom. The number of ether oxygens (including phenoxy) is 1. The Labute approximate surface area is 192 Å². The molecule has 6 rings (SSSR count). The smallest absolute Gasteiger partial charge is 0.150 e. The quantitative estimate of drug-likeness (QED) is 0.333. The first-order valence-corrected chi connectivity index (χ1v) is 11.3. The molecule has 1 aliphatic heterocycles. The maximum atomic E-state index is 5.64. The number of rotatable bonds is 5. The van der Waals surface area contributed by atoms with Crippen molar-refractivity contribution in [2.24, 2.45) is 0 Å². The van der Waals surface area contributed by atoms with Crippen LogP contribution in [-0.4, -0.2) is 27.7 Å². The van der Waals surface area contributed by atoms with Crippen molar-refractivity contribution in [3.05, 3.63) is 97.0 Å². The molecule has 0 spiro atoms. The highest BCUT2D eigenvalue weighted by Gasteiger charge is 2.26. The Morgan fingerprint density at radius 1 is 0.879 bits per heavy atom. The second-order valence-corrected chi connectivity index (χ2v) is 8.13. The molecule has 2 aromatic heterocycles. The van der Waals surface area contributed by atoms with Gasteiger partial charge in [-0.3, -0.25) is 0 Å². The van der Waals surface area contributed by atoms with Gasteiger partial charge in [-0.05, 0) is 54.8 Å². The minimum Gasteiger partial charge on any atom is -0.494 e. The van der Waals surface area contributed by atoms with Crippen LogP contribution in [-0.2, 0) is 6.42 Å². The number of hydrogen-bond acceptors (Lipinski definition) is 4. The van der Waals surface area contributed by atoms with E-state index < -0.39 is 0 Å². The lowest BCUT2D eigenvalue weighted by Gasteiger charge is -2.19. The Kier molecular flexibility index (Phi) is 4.80. The van der Waals surface area contributed by atoms with Crippen LogP contribution in [0.25, 0.3) is 27.8 Å².